The molecule has 0 heterocycles. The number of hydrogen-bond donors (Lipinski definition) is 1. The van der Waals surface area contributed by atoms with Gasteiger partial charge in [-0.15, -0.1) is 0 Å². The summed E-state index contributed by atoms with van der Waals surface area (Å²) in [5.74, 6) is -0.466. The molecule has 2 nitrogen and oxygen atoms in total. The summed E-state index contributed by atoms with van der Waals surface area (Å²) in [6, 6.07) is 4.50. The second kappa shape index (κ2) is 5.45. The van der Waals surface area contributed by atoms with Crippen molar-refractivity contribution < 1.29 is 14.2 Å². The summed E-state index contributed by atoms with van der Waals surface area (Å²) >= 11 is 5.54. The fraction of sp³-hybridized carbons (Fsp3) is 0.455. The molecule has 0 spiro atoms. The largest absolute Gasteiger partial charge is 0.390 e. The summed E-state index contributed by atoms with van der Waals surface area (Å²) < 4.78 is 18.0. The van der Waals surface area contributed by atoms with Crippen LogP contribution in [-0.4, -0.2) is 24.4 Å². The minimum atomic E-state index is -0.643. The summed E-state index contributed by atoms with van der Waals surface area (Å²) in [4.78, 5) is 0. The molecule has 15 heavy (non-hydrogen) atoms. The van der Waals surface area contributed by atoms with Gasteiger partial charge in [0.05, 0.1) is 17.2 Å². The van der Waals surface area contributed by atoms with Crippen molar-refractivity contribution in [2.45, 2.75) is 25.6 Å². The van der Waals surface area contributed by atoms with E-state index < -0.39 is 11.9 Å². The molecule has 0 aliphatic carbocycles. The predicted molar refractivity (Wildman–Crippen MR) is 57.6 cm³/mol. The van der Waals surface area contributed by atoms with E-state index in [9.17, 15) is 9.50 Å². The van der Waals surface area contributed by atoms with Crippen LogP contribution in [0.4, 0.5) is 4.39 Å². The zero-order valence-corrected chi connectivity index (χ0v) is 9.46. The maximum absolute atomic E-state index is 13.1. The number of aliphatic hydroxyl groups excluding tert-OH is 1. The Morgan fingerprint density at radius 3 is 2.73 bits per heavy atom. The molecular weight excluding hydrogens is 219 g/mol. The molecule has 4 heteroatoms. The highest BCUT2D eigenvalue weighted by atomic mass is 35.5. The van der Waals surface area contributed by atoms with E-state index in [1.807, 2.05) is 0 Å². The molecule has 1 rings (SSSR count). The van der Waals surface area contributed by atoms with Crippen molar-refractivity contribution in [2.24, 2.45) is 0 Å². The van der Waals surface area contributed by atoms with Crippen LogP contribution in [0.25, 0.3) is 0 Å². The first-order valence-electron chi connectivity index (χ1n) is 4.69. The number of methoxy groups -OCH3 is 1. The van der Waals surface area contributed by atoms with Crippen molar-refractivity contribution >= 4 is 11.6 Å². The highest BCUT2D eigenvalue weighted by Crippen LogP contribution is 2.17. The quantitative estimate of drug-likeness (QED) is 0.864. The van der Waals surface area contributed by atoms with E-state index in [0.717, 1.165) is 0 Å². The van der Waals surface area contributed by atoms with Crippen LogP contribution in [0.3, 0.4) is 0 Å². The molecule has 1 N–H and O–H groups in total. The Morgan fingerprint density at radius 2 is 2.20 bits per heavy atom. The molecule has 2 atom stereocenters. The molecule has 0 fully saturated rings. The lowest BCUT2D eigenvalue weighted by molar-refractivity contribution is 0.000382. The molecule has 0 saturated carbocycles. The van der Waals surface area contributed by atoms with Gasteiger partial charge in [0.25, 0.3) is 0 Å². The maximum atomic E-state index is 13.1. The van der Waals surface area contributed by atoms with Gasteiger partial charge >= 0.3 is 0 Å². The fourth-order valence-corrected chi connectivity index (χ4v) is 1.35. The SMILES string of the molecule is COC(C)C(O)Cc1ccc(Cl)c(F)c1. The van der Waals surface area contributed by atoms with Crippen LogP contribution in [0.15, 0.2) is 18.2 Å². The van der Waals surface area contributed by atoms with E-state index in [-0.39, 0.29) is 11.1 Å². The van der Waals surface area contributed by atoms with Gasteiger partial charge in [0.2, 0.25) is 0 Å². The standard InChI is InChI=1S/C11H14ClFO2/c1-7(15-2)11(14)6-8-3-4-9(12)10(13)5-8/h3-5,7,11,14H,6H2,1-2H3. The third-order valence-corrected chi connectivity index (χ3v) is 2.65. The van der Waals surface area contributed by atoms with Crippen molar-refractivity contribution in [1.29, 1.82) is 0 Å². The Morgan fingerprint density at radius 1 is 1.53 bits per heavy atom. The first-order chi connectivity index (χ1) is 7.04. The lowest BCUT2D eigenvalue weighted by Crippen LogP contribution is -2.26. The fourth-order valence-electron chi connectivity index (χ4n) is 1.23. The predicted octanol–water partition coefficient (Wildman–Crippen LogP) is 2.42. The molecule has 0 amide bonds. The van der Waals surface area contributed by atoms with E-state index in [2.05, 4.69) is 0 Å². The Bertz CT molecular complexity index is 330. The van der Waals surface area contributed by atoms with Crippen LogP contribution >= 0.6 is 11.6 Å². The average Bonchev–Trinajstić information content (AvgIpc) is 2.22. The van der Waals surface area contributed by atoms with Gasteiger partial charge < -0.3 is 9.84 Å². The van der Waals surface area contributed by atoms with Gasteiger partial charge in [-0.3, -0.25) is 0 Å². The van der Waals surface area contributed by atoms with Crippen molar-refractivity contribution in [1.82, 2.24) is 0 Å². The molecule has 0 aliphatic heterocycles. The lowest BCUT2D eigenvalue weighted by Gasteiger charge is -2.17. The van der Waals surface area contributed by atoms with Crippen molar-refractivity contribution in [3.05, 3.63) is 34.6 Å². The van der Waals surface area contributed by atoms with E-state index in [1.54, 1.807) is 13.0 Å². The van der Waals surface area contributed by atoms with E-state index in [0.29, 0.717) is 12.0 Å². The normalized spacial score (nSPS) is 15.0. The number of halogens is 2. The first kappa shape index (κ1) is 12.4. The number of hydrogen-bond acceptors (Lipinski definition) is 2. The van der Waals surface area contributed by atoms with Crippen LogP contribution in [0.2, 0.25) is 5.02 Å². The number of ether oxygens (including phenoxy) is 1. The number of rotatable bonds is 4. The van der Waals surface area contributed by atoms with Crippen LogP contribution in [0.5, 0.6) is 0 Å². The second-order valence-corrected chi connectivity index (χ2v) is 3.87. The Hall–Kier alpha value is -0.640. The third-order valence-electron chi connectivity index (χ3n) is 2.34. The summed E-state index contributed by atoms with van der Waals surface area (Å²) in [7, 11) is 1.52. The lowest BCUT2D eigenvalue weighted by atomic mass is 10.0. The van der Waals surface area contributed by atoms with E-state index in [4.69, 9.17) is 16.3 Å². The Kier molecular flexibility index (Phi) is 4.51. The second-order valence-electron chi connectivity index (χ2n) is 3.46. The van der Waals surface area contributed by atoms with Crippen molar-refractivity contribution in [3.8, 4) is 0 Å². The molecule has 0 radical (unpaired) electrons. The minimum Gasteiger partial charge on any atom is -0.390 e. The van der Waals surface area contributed by atoms with Crippen LogP contribution in [0.1, 0.15) is 12.5 Å². The molecule has 0 bridgehead atoms. The van der Waals surface area contributed by atoms with Crippen molar-refractivity contribution in [3.63, 3.8) is 0 Å². The van der Waals surface area contributed by atoms with Gasteiger partial charge in [-0.2, -0.15) is 0 Å². The smallest absolute Gasteiger partial charge is 0.142 e. The first-order valence-corrected chi connectivity index (χ1v) is 5.07. The molecule has 1 aromatic carbocycles. The van der Waals surface area contributed by atoms with Gasteiger partial charge in [-0.05, 0) is 24.6 Å². The number of aliphatic hydroxyl groups is 1. The van der Waals surface area contributed by atoms with Gasteiger partial charge in [-0.25, -0.2) is 4.39 Å². The molecule has 0 saturated heterocycles. The summed E-state index contributed by atoms with van der Waals surface area (Å²) in [5.41, 5.74) is 0.702. The summed E-state index contributed by atoms with van der Waals surface area (Å²) in [5, 5.41) is 9.74. The summed E-state index contributed by atoms with van der Waals surface area (Å²) in [6.45, 7) is 1.76. The van der Waals surface area contributed by atoms with Crippen LogP contribution in [-0.2, 0) is 11.2 Å². The van der Waals surface area contributed by atoms with Gasteiger partial charge in [0, 0.05) is 13.5 Å². The summed E-state index contributed by atoms with van der Waals surface area (Å²) in [6.07, 6.45) is -0.567. The minimum absolute atomic E-state index is 0.0908. The van der Waals surface area contributed by atoms with Crippen LogP contribution < -0.4 is 0 Å². The Balaban J connectivity index is 2.68. The van der Waals surface area contributed by atoms with Crippen molar-refractivity contribution in [2.75, 3.05) is 7.11 Å². The zero-order chi connectivity index (χ0) is 11.4. The zero-order valence-electron chi connectivity index (χ0n) is 8.71. The average molecular weight is 233 g/mol. The third kappa shape index (κ3) is 3.45. The topological polar surface area (TPSA) is 29.5 Å². The molecule has 1 aromatic rings. The monoisotopic (exact) mass is 232 g/mol. The molecule has 2 unspecified atom stereocenters. The molecule has 0 aromatic heterocycles. The van der Waals surface area contributed by atoms with Gasteiger partial charge in [0.1, 0.15) is 5.82 Å². The van der Waals surface area contributed by atoms with Gasteiger partial charge in [0.15, 0.2) is 0 Å². The van der Waals surface area contributed by atoms with E-state index >= 15 is 0 Å². The number of benzene rings is 1. The van der Waals surface area contributed by atoms with Crippen LogP contribution in [0, 0.1) is 5.82 Å². The van der Waals surface area contributed by atoms with E-state index in [1.165, 1.54) is 19.2 Å². The molecule has 0 aliphatic rings. The molecular formula is C11H14ClFO2. The molecule has 84 valence electrons. The Labute approximate surface area is 93.6 Å². The highest BCUT2D eigenvalue weighted by Gasteiger charge is 2.14. The maximum Gasteiger partial charge on any atom is 0.142 e. The van der Waals surface area contributed by atoms with Gasteiger partial charge in [-0.1, -0.05) is 17.7 Å². The highest BCUT2D eigenvalue weighted by molar-refractivity contribution is 6.30.